The molecule has 0 aromatic heterocycles. The number of carbonyl (C=O) groups is 1. The molecule has 1 aromatic rings. The molecule has 0 heterocycles. The highest BCUT2D eigenvalue weighted by atomic mass is 35.5. The van der Waals surface area contributed by atoms with Gasteiger partial charge in [0.1, 0.15) is 5.75 Å². The van der Waals surface area contributed by atoms with E-state index in [0.717, 1.165) is 0 Å². The van der Waals surface area contributed by atoms with Crippen LogP contribution in [0.4, 0.5) is 0 Å². The number of hydrogen-bond acceptors (Lipinski definition) is 3. The molecule has 0 fully saturated rings. The Labute approximate surface area is 99.7 Å². The summed E-state index contributed by atoms with van der Waals surface area (Å²) in [4.78, 5) is 11.8. The SMILES string of the molecule is COc1cc(Cl)ccc1C(=O)N[C@H](C)CN. The van der Waals surface area contributed by atoms with Gasteiger partial charge in [-0.15, -0.1) is 0 Å². The molecule has 4 nitrogen and oxygen atoms in total. The highest BCUT2D eigenvalue weighted by Crippen LogP contribution is 2.22. The van der Waals surface area contributed by atoms with E-state index in [1.807, 2.05) is 6.92 Å². The lowest BCUT2D eigenvalue weighted by Crippen LogP contribution is -2.37. The number of carbonyl (C=O) groups excluding carboxylic acids is 1. The van der Waals surface area contributed by atoms with E-state index in [1.54, 1.807) is 18.2 Å². The number of nitrogens with two attached hydrogens (primary N) is 1. The second-order valence-electron chi connectivity index (χ2n) is 3.45. The Kier molecular flexibility index (Phi) is 4.58. The van der Waals surface area contributed by atoms with Crippen LogP contribution in [-0.4, -0.2) is 25.6 Å². The van der Waals surface area contributed by atoms with Crippen LogP contribution in [0.3, 0.4) is 0 Å². The van der Waals surface area contributed by atoms with Gasteiger partial charge in [-0.25, -0.2) is 0 Å². The summed E-state index contributed by atoms with van der Waals surface area (Å²) in [7, 11) is 1.49. The van der Waals surface area contributed by atoms with Crippen molar-refractivity contribution >= 4 is 17.5 Å². The first kappa shape index (κ1) is 12.8. The van der Waals surface area contributed by atoms with Gasteiger partial charge in [0.15, 0.2) is 0 Å². The zero-order valence-electron chi connectivity index (χ0n) is 9.29. The average Bonchev–Trinajstić information content (AvgIpc) is 2.28. The monoisotopic (exact) mass is 242 g/mol. The number of ether oxygens (including phenoxy) is 1. The second kappa shape index (κ2) is 5.72. The molecule has 0 bridgehead atoms. The van der Waals surface area contributed by atoms with Crippen LogP contribution in [0.5, 0.6) is 5.75 Å². The normalized spacial score (nSPS) is 12.0. The van der Waals surface area contributed by atoms with Gasteiger partial charge in [-0.05, 0) is 25.1 Å². The summed E-state index contributed by atoms with van der Waals surface area (Å²) in [5, 5.41) is 3.28. The number of benzene rings is 1. The molecule has 0 spiro atoms. The van der Waals surface area contributed by atoms with Gasteiger partial charge in [0.25, 0.3) is 5.91 Å². The van der Waals surface area contributed by atoms with Gasteiger partial charge in [0.2, 0.25) is 0 Å². The van der Waals surface area contributed by atoms with Crippen molar-refractivity contribution in [2.75, 3.05) is 13.7 Å². The van der Waals surface area contributed by atoms with Crippen LogP contribution in [0, 0.1) is 0 Å². The fourth-order valence-corrected chi connectivity index (χ4v) is 1.38. The first-order valence-corrected chi connectivity index (χ1v) is 5.30. The summed E-state index contributed by atoms with van der Waals surface area (Å²) >= 11 is 5.80. The van der Waals surface area contributed by atoms with Crippen molar-refractivity contribution in [2.45, 2.75) is 13.0 Å². The van der Waals surface area contributed by atoms with Crippen molar-refractivity contribution in [2.24, 2.45) is 5.73 Å². The van der Waals surface area contributed by atoms with Gasteiger partial charge >= 0.3 is 0 Å². The molecule has 1 atom stereocenters. The Balaban J connectivity index is 2.90. The molecule has 0 aliphatic rings. The molecular weight excluding hydrogens is 228 g/mol. The topological polar surface area (TPSA) is 64.3 Å². The first-order valence-electron chi connectivity index (χ1n) is 4.93. The van der Waals surface area contributed by atoms with E-state index >= 15 is 0 Å². The largest absolute Gasteiger partial charge is 0.496 e. The van der Waals surface area contributed by atoms with Crippen molar-refractivity contribution in [1.29, 1.82) is 0 Å². The van der Waals surface area contributed by atoms with E-state index in [1.165, 1.54) is 7.11 Å². The van der Waals surface area contributed by atoms with Crippen molar-refractivity contribution in [3.63, 3.8) is 0 Å². The van der Waals surface area contributed by atoms with E-state index in [0.29, 0.717) is 22.9 Å². The molecule has 0 unspecified atom stereocenters. The zero-order valence-corrected chi connectivity index (χ0v) is 10.0. The lowest BCUT2D eigenvalue weighted by atomic mass is 10.1. The zero-order chi connectivity index (χ0) is 12.1. The Morgan fingerprint density at radius 3 is 2.88 bits per heavy atom. The van der Waals surface area contributed by atoms with E-state index < -0.39 is 0 Å². The number of methoxy groups -OCH3 is 1. The van der Waals surface area contributed by atoms with E-state index in [4.69, 9.17) is 22.1 Å². The Morgan fingerprint density at radius 2 is 2.31 bits per heavy atom. The molecule has 0 radical (unpaired) electrons. The van der Waals surface area contributed by atoms with Crippen molar-refractivity contribution < 1.29 is 9.53 Å². The molecular formula is C11H15ClN2O2. The average molecular weight is 243 g/mol. The van der Waals surface area contributed by atoms with Gasteiger partial charge in [0.05, 0.1) is 12.7 Å². The first-order chi connectivity index (χ1) is 7.58. The smallest absolute Gasteiger partial charge is 0.255 e. The van der Waals surface area contributed by atoms with E-state index in [-0.39, 0.29) is 11.9 Å². The molecule has 1 aromatic carbocycles. The van der Waals surface area contributed by atoms with Crippen molar-refractivity contribution in [1.82, 2.24) is 5.32 Å². The minimum atomic E-state index is -0.216. The number of amides is 1. The van der Waals surface area contributed by atoms with Crippen LogP contribution in [0.25, 0.3) is 0 Å². The number of halogens is 1. The van der Waals surface area contributed by atoms with Crippen LogP contribution in [0.1, 0.15) is 17.3 Å². The fourth-order valence-electron chi connectivity index (χ4n) is 1.21. The highest BCUT2D eigenvalue weighted by molar-refractivity contribution is 6.30. The summed E-state index contributed by atoms with van der Waals surface area (Å²) in [6, 6.07) is 4.79. The van der Waals surface area contributed by atoms with Gasteiger partial charge in [-0.1, -0.05) is 11.6 Å². The van der Waals surface area contributed by atoms with Crippen LogP contribution in [0.2, 0.25) is 5.02 Å². The Bertz CT molecular complexity index is 382. The Hall–Kier alpha value is -1.26. The minimum Gasteiger partial charge on any atom is -0.496 e. The standard InChI is InChI=1S/C11H15ClN2O2/c1-7(6-13)14-11(15)9-4-3-8(12)5-10(9)16-2/h3-5,7H,6,13H2,1-2H3,(H,14,15)/t7-/m1/s1. The fraction of sp³-hybridized carbons (Fsp3) is 0.364. The second-order valence-corrected chi connectivity index (χ2v) is 3.89. The summed E-state index contributed by atoms with van der Waals surface area (Å²) in [6.45, 7) is 2.22. The quantitative estimate of drug-likeness (QED) is 0.840. The van der Waals surface area contributed by atoms with Gasteiger partial charge in [0, 0.05) is 17.6 Å². The molecule has 0 aliphatic heterocycles. The van der Waals surface area contributed by atoms with Crippen molar-refractivity contribution in [3.05, 3.63) is 28.8 Å². The van der Waals surface area contributed by atoms with Gasteiger partial charge in [-0.3, -0.25) is 4.79 Å². The molecule has 1 amide bonds. The summed E-state index contributed by atoms with van der Waals surface area (Å²) in [5.41, 5.74) is 5.88. The maximum Gasteiger partial charge on any atom is 0.255 e. The molecule has 3 N–H and O–H groups in total. The maximum absolute atomic E-state index is 11.8. The van der Waals surface area contributed by atoms with E-state index in [9.17, 15) is 4.79 Å². The van der Waals surface area contributed by atoms with Crippen LogP contribution in [0.15, 0.2) is 18.2 Å². The number of rotatable bonds is 4. The Morgan fingerprint density at radius 1 is 1.62 bits per heavy atom. The number of hydrogen-bond donors (Lipinski definition) is 2. The summed E-state index contributed by atoms with van der Waals surface area (Å²) < 4.78 is 5.09. The highest BCUT2D eigenvalue weighted by Gasteiger charge is 2.13. The summed E-state index contributed by atoms with van der Waals surface area (Å²) in [5.74, 6) is 0.237. The van der Waals surface area contributed by atoms with Crippen LogP contribution < -0.4 is 15.8 Å². The molecule has 0 saturated carbocycles. The third kappa shape index (κ3) is 3.12. The van der Waals surface area contributed by atoms with Gasteiger partial charge in [-0.2, -0.15) is 0 Å². The minimum absolute atomic E-state index is 0.0760. The molecule has 16 heavy (non-hydrogen) atoms. The summed E-state index contributed by atoms with van der Waals surface area (Å²) in [6.07, 6.45) is 0. The number of nitrogens with one attached hydrogen (secondary N) is 1. The van der Waals surface area contributed by atoms with Gasteiger partial charge < -0.3 is 15.8 Å². The van der Waals surface area contributed by atoms with Crippen LogP contribution in [-0.2, 0) is 0 Å². The lowest BCUT2D eigenvalue weighted by molar-refractivity contribution is 0.0938. The molecule has 5 heteroatoms. The van der Waals surface area contributed by atoms with E-state index in [2.05, 4.69) is 5.32 Å². The maximum atomic E-state index is 11.8. The molecule has 0 aliphatic carbocycles. The molecule has 88 valence electrons. The molecule has 0 saturated heterocycles. The third-order valence-corrected chi connectivity index (χ3v) is 2.37. The van der Waals surface area contributed by atoms with Crippen molar-refractivity contribution in [3.8, 4) is 5.75 Å². The third-order valence-electron chi connectivity index (χ3n) is 2.14. The van der Waals surface area contributed by atoms with Crippen LogP contribution >= 0.6 is 11.6 Å². The lowest BCUT2D eigenvalue weighted by Gasteiger charge is -2.13. The molecule has 1 rings (SSSR count). The predicted octanol–water partition coefficient (Wildman–Crippen LogP) is 1.43. The predicted molar refractivity (Wildman–Crippen MR) is 64.0 cm³/mol.